The molecule has 0 bridgehead atoms. The highest BCUT2D eigenvalue weighted by atomic mass is 16.2. The molecular weight excluding hydrogens is 288 g/mol. The Morgan fingerprint density at radius 3 is 2.87 bits per heavy atom. The summed E-state index contributed by atoms with van der Waals surface area (Å²) >= 11 is 0. The predicted octanol–water partition coefficient (Wildman–Crippen LogP) is 2.96. The van der Waals surface area contributed by atoms with Gasteiger partial charge in [0.15, 0.2) is 0 Å². The van der Waals surface area contributed by atoms with Gasteiger partial charge in [-0.1, -0.05) is 6.92 Å². The van der Waals surface area contributed by atoms with Crippen LogP contribution in [0.15, 0.2) is 30.7 Å². The van der Waals surface area contributed by atoms with Gasteiger partial charge in [0.2, 0.25) is 5.91 Å². The van der Waals surface area contributed by atoms with Crippen molar-refractivity contribution in [3.8, 4) is 11.1 Å². The van der Waals surface area contributed by atoms with Gasteiger partial charge in [-0.15, -0.1) is 0 Å². The molecule has 1 aliphatic heterocycles. The monoisotopic (exact) mass is 310 g/mol. The lowest BCUT2D eigenvalue weighted by Gasteiger charge is -2.33. The smallest absolute Gasteiger partial charge is 0.222 e. The zero-order valence-corrected chi connectivity index (χ0v) is 13.7. The molecule has 1 amide bonds. The third kappa shape index (κ3) is 3.38. The summed E-state index contributed by atoms with van der Waals surface area (Å²) in [5, 5.41) is 0. The van der Waals surface area contributed by atoms with Crippen LogP contribution >= 0.6 is 0 Å². The van der Waals surface area contributed by atoms with Crippen molar-refractivity contribution in [3.63, 3.8) is 0 Å². The van der Waals surface area contributed by atoms with Gasteiger partial charge in [0.1, 0.15) is 5.82 Å². The van der Waals surface area contributed by atoms with Crippen molar-refractivity contribution in [3.05, 3.63) is 42.2 Å². The Labute approximate surface area is 136 Å². The largest absolute Gasteiger partial charge is 0.342 e. The summed E-state index contributed by atoms with van der Waals surface area (Å²) in [6.07, 6.45) is 8.11. The molecule has 3 rings (SSSR count). The van der Waals surface area contributed by atoms with Gasteiger partial charge in [-0.05, 0) is 37.5 Å². The Bertz CT molecular complexity index is 687. The number of nitrogens with zero attached hydrogens (tertiary/aromatic N) is 4. The number of aromatic nitrogens is 3. The fourth-order valence-electron chi connectivity index (χ4n) is 3.20. The van der Waals surface area contributed by atoms with Crippen LogP contribution in [0.3, 0.4) is 0 Å². The highest BCUT2D eigenvalue weighted by Gasteiger charge is 2.27. The van der Waals surface area contributed by atoms with Crippen molar-refractivity contribution in [1.82, 2.24) is 19.9 Å². The molecule has 1 fully saturated rings. The van der Waals surface area contributed by atoms with Crippen LogP contribution in [-0.2, 0) is 4.79 Å². The fraction of sp³-hybridized carbons (Fsp3) is 0.444. The van der Waals surface area contributed by atoms with Crippen molar-refractivity contribution < 1.29 is 4.79 Å². The quantitative estimate of drug-likeness (QED) is 0.874. The maximum atomic E-state index is 12.1. The average molecular weight is 310 g/mol. The van der Waals surface area contributed by atoms with Crippen molar-refractivity contribution in [2.24, 2.45) is 0 Å². The standard InChI is InChI=1S/C18H22N4O/c1-3-17(23)22-10-4-5-15(12-22)18-16(11-20-13(2)21-18)14-6-8-19-9-7-14/h6-9,11,15H,3-5,10,12H2,1-2H3. The van der Waals surface area contributed by atoms with Crippen molar-refractivity contribution >= 4 is 5.91 Å². The fourth-order valence-corrected chi connectivity index (χ4v) is 3.20. The second-order valence-electron chi connectivity index (χ2n) is 5.98. The first-order valence-electron chi connectivity index (χ1n) is 8.20. The summed E-state index contributed by atoms with van der Waals surface area (Å²) in [6.45, 7) is 5.44. The Morgan fingerprint density at radius 2 is 2.13 bits per heavy atom. The van der Waals surface area contributed by atoms with Crippen LogP contribution in [0.25, 0.3) is 11.1 Å². The molecular formula is C18H22N4O. The molecule has 0 saturated carbocycles. The van der Waals surface area contributed by atoms with Crippen LogP contribution < -0.4 is 0 Å². The van der Waals surface area contributed by atoms with Gasteiger partial charge < -0.3 is 4.90 Å². The Balaban J connectivity index is 1.95. The van der Waals surface area contributed by atoms with Crippen LogP contribution in [0, 0.1) is 6.92 Å². The molecule has 0 radical (unpaired) electrons. The van der Waals surface area contributed by atoms with Crippen molar-refractivity contribution in [2.45, 2.75) is 39.0 Å². The molecule has 120 valence electrons. The third-order valence-corrected chi connectivity index (χ3v) is 4.39. The van der Waals surface area contributed by atoms with Gasteiger partial charge in [-0.2, -0.15) is 0 Å². The lowest BCUT2D eigenvalue weighted by atomic mass is 9.90. The third-order valence-electron chi connectivity index (χ3n) is 4.39. The van der Waals surface area contributed by atoms with Crippen LogP contribution in [0.5, 0.6) is 0 Å². The number of amides is 1. The normalized spacial score (nSPS) is 18.0. The molecule has 5 nitrogen and oxygen atoms in total. The van der Waals surface area contributed by atoms with Gasteiger partial charge in [0.05, 0.1) is 5.69 Å². The zero-order valence-electron chi connectivity index (χ0n) is 13.7. The first-order chi connectivity index (χ1) is 11.2. The van der Waals surface area contributed by atoms with Crippen LogP contribution in [0.2, 0.25) is 0 Å². The molecule has 1 atom stereocenters. The van der Waals surface area contributed by atoms with E-state index in [-0.39, 0.29) is 11.8 Å². The van der Waals surface area contributed by atoms with Crippen LogP contribution in [0.1, 0.15) is 43.6 Å². The van der Waals surface area contributed by atoms with E-state index in [1.165, 1.54) is 0 Å². The first-order valence-corrected chi connectivity index (χ1v) is 8.20. The summed E-state index contributed by atoms with van der Waals surface area (Å²) in [5.74, 6) is 1.27. The van der Waals surface area contributed by atoms with Gasteiger partial charge in [0.25, 0.3) is 0 Å². The lowest BCUT2D eigenvalue weighted by molar-refractivity contribution is -0.132. The molecule has 0 aliphatic carbocycles. The summed E-state index contributed by atoms with van der Waals surface area (Å²) in [4.78, 5) is 27.2. The van der Waals surface area contributed by atoms with Crippen molar-refractivity contribution in [2.75, 3.05) is 13.1 Å². The molecule has 1 aliphatic rings. The summed E-state index contributed by atoms with van der Waals surface area (Å²) in [7, 11) is 0. The second-order valence-corrected chi connectivity index (χ2v) is 5.98. The van der Waals surface area contributed by atoms with E-state index in [2.05, 4.69) is 9.97 Å². The molecule has 1 unspecified atom stereocenters. The summed E-state index contributed by atoms with van der Waals surface area (Å²) in [6, 6.07) is 3.96. The van der Waals surface area contributed by atoms with E-state index in [4.69, 9.17) is 4.98 Å². The van der Waals surface area contributed by atoms with E-state index in [1.807, 2.05) is 37.1 Å². The van der Waals surface area contributed by atoms with E-state index in [0.29, 0.717) is 6.42 Å². The van der Waals surface area contributed by atoms with Gasteiger partial charge in [-0.3, -0.25) is 9.78 Å². The molecule has 23 heavy (non-hydrogen) atoms. The number of likely N-dealkylation sites (tertiary alicyclic amines) is 1. The zero-order chi connectivity index (χ0) is 16.2. The predicted molar refractivity (Wildman–Crippen MR) is 88.8 cm³/mol. The Kier molecular flexibility index (Phi) is 4.65. The van der Waals surface area contributed by atoms with Gasteiger partial charge in [-0.25, -0.2) is 9.97 Å². The maximum absolute atomic E-state index is 12.1. The minimum Gasteiger partial charge on any atom is -0.342 e. The minimum atomic E-state index is 0.228. The SMILES string of the molecule is CCC(=O)N1CCCC(c2nc(C)ncc2-c2ccncc2)C1. The summed E-state index contributed by atoms with van der Waals surface area (Å²) in [5.41, 5.74) is 3.18. The first kappa shape index (κ1) is 15.6. The van der Waals surface area contributed by atoms with Gasteiger partial charge in [0, 0.05) is 49.6 Å². The lowest BCUT2D eigenvalue weighted by Crippen LogP contribution is -2.39. The molecule has 0 spiro atoms. The number of carbonyl (C=O) groups excluding carboxylic acids is 1. The molecule has 0 N–H and O–H groups in total. The number of hydrogen-bond donors (Lipinski definition) is 0. The number of piperidine rings is 1. The Morgan fingerprint density at radius 1 is 1.35 bits per heavy atom. The van der Waals surface area contributed by atoms with Crippen molar-refractivity contribution in [1.29, 1.82) is 0 Å². The van der Waals surface area contributed by atoms with E-state index >= 15 is 0 Å². The molecule has 2 aromatic rings. The molecule has 1 saturated heterocycles. The summed E-state index contributed by atoms with van der Waals surface area (Å²) < 4.78 is 0. The molecule has 0 aromatic carbocycles. The number of carbonyl (C=O) groups is 1. The Hall–Kier alpha value is -2.30. The number of rotatable bonds is 3. The van der Waals surface area contributed by atoms with Gasteiger partial charge >= 0.3 is 0 Å². The highest BCUT2D eigenvalue weighted by Crippen LogP contribution is 2.32. The molecule has 5 heteroatoms. The second kappa shape index (κ2) is 6.86. The van der Waals surface area contributed by atoms with E-state index in [1.54, 1.807) is 12.4 Å². The van der Waals surface area contributed by atoms with Crippen LogP contribution in [-0.4, -0.2) is 38.8 Å². The average Bonchev–Trinajstić information content (AvgIpc) is 2.62. The maximum Gasteiger partial charge on any atom is 0.222 e. The number of aryl methyl sites for hydroxylation is 1. The number of pyridine rings is 1. The molecule has 3 heterocycles. The van der Waals surface area contributed by atoms with E-state index in [9.17, 15) is 4.79 Å². The number of hydrogen-bond acceptors (Lipinski definition) is 4. The van der Waals surface area contributed by atoms with E-state index in [0.717, 1.165) is 48.6 Å². The topological polar surface area (TPSA) is 59.0 Å². The minimum absolute atomic E-state index is 0.228. The van der Waals surface area contributed by atoms with E-state index < -0.39 is 0 Å². The highest BCUT2D eigenvalue weighted by molar-refractivity contribution is 5.76. The van der Waals surface area contributed by atoms with Crippen LogP contribution in [0.4, 0.5) is 0 Å². The molecule has 2 aromatic heterocycles.